The lowest BCUT2D eigenvalue weighted by molar-refractivity contribution is -0.146. The molecule has 1 aliphatic rings. The number of hydrogen-bond acceptors (Lipinski definition) is 6. The van der Waals surface area contributed by atoms with Crippen LogP contribution in [0.5, 0.6) is 0 Å². The molecule has 1 unspecified atom stereocenters. The molecule has 1 aromatic heterocycles. The van der Waals surface area contributed by atoms with Crippen LogP contribution in [0.1, 0.15) is 44.5 Å². The van der Waals surface area contributed by atoms with Gasteiger partial charge in [-0.05, 0) is 55.2 Å². The first-order chi connectivity index (χ1) is 11.7. The molecule has 7 heteroatoms. The molecule has 1 aliphatic carbocycles. The second-order valence-electron chi connectivity index (χ2n) is 6.24. The van der Waals surface area contributed by atoms with Gasteiger partial charge >= 0.3 is 5.97 Å². The van der Waals surface area contributed by atoms with Gasteiger partial charge < -0.3 is 10.1 Å². The van der Waals surface area contributed by atoms with Crippen LogP contribution >= 0.6 is 0 Å². The van der Waals surface area contributed by atoms with Crippen LogP contribution in [0, 0.1) is 5.92 Å². The third kappa shape index (κ3) is 3.62. The molecule has 0 amide bonds. The van der Waals surface area contributed by atoms with E-state index in [4.69, 9.17) is 4.74 Å². The van der Waals surface area contributed by atoms with Crippen LogP contribution in [0.2, 0.25) is 0 Å². The molecule has 1 saturated carbocycles. The van der Waals surface area contributed by atoms with Gasteiger partial charge in [0.15, 0.2) is 5.82 Å². The molecule has 2 aromatic rings. The molecule has 128 valence electrons. The van der Waals surface area contributed by atoms with Crippen LogP contribution in [-0.2, 0) is 9.53 Å². The lowest BCUT2D eigenvalue weighted by Crippen LogP contribution is -2.37. The van der Waals surface area contributed by atoms with Gasteiger partial charge in [0.05, 0.1) is 24.8 Å². The molecule has 24 heavy (non-hydrogen) atoms. The summed E-state index contributed by atoms with van der Waals surface area (Å²) in [5.74, 6) is 0.740. The fraction of sp³-hybridized carbons (Fsp3) is 0.529. The van der Waals surface area contributed by atoms with E-state index in [1.165, 1.54) is 7.11 Å². The van der Waals surface area contributed by atoms with Gasteiger partial charge in [0, 0.05) is 6.04 Å². The number of tetrazole rings is 1. The molecule has 0 aliphatic heterocycles. The van der Waals surface area contributed by atoms with Gasteiger partial charge in [0.25, 0.3) is 0 Å². The third-order valence-corrected chi connectivity index (χ3v) is 4.63. The van der Waals surface area contributed by atoms with E-state index >= 15 is 0 Å². The van der Waals surface area contributed by atoms with Gasteiger partial charge in [-0.3, -0.25) is 4.79 Å². The van der Waals surface area contributed by atoms with Gasteiger partial charge in [0.1, 0.15) is 0 Å². The fourth-order valence-corrected chi connectivity index (χ4v) is 3.31. The highest BCUT2D eigenvalue weighted by Crippen LogP contribution is 2.27. The Morgan fingerprint density at radius 1 is 1.25 bits per heavy atom. The number of hydrogen-bond donors (Lipinski definition) is 1. The molecular weight excluding hydrogens is 306 g/mol. The van der Waals surface area contributed by atoms with E-state index < -0.39 is 0 Å². The molecular formula is C17H23N5O2. The largest absolute Gasteiger partial charge is 0.469 e. The van der Waals surface area contributed by atoms with Crippen LogP contribution in [0.15, 0.2) is 30.3 Å². The summed E-state index contributed by atoms with van der Waals surface area (Å²) in [6.07, 6.45) is 3.63. The van der Waals surface area contributed by atoms with E-state index in [1.54, 1.807) is 4.68 Å². The summed E-state index contributed by atoms with van der Waals surface area (Å²) >= 11 is 0. The summed E-state index contributed by atoms with van der Waals surface area (Å²) in [6.45, 7) is 2.07. The van der Waals surface area contributed by atoms with Gasteiger partial charge in [-0.2, -0.15) is 4.68 Å². The summed E-state index contributed by atoms with van der Waals surface area (Å²) in [6, 6.07) is 10.2. The van der Waals surface area contributed by atoms with Crippen molar-refractivity contribution in [1.82, 2.24) is 25.5 Å². The molecule has 0 bridgehead atoms. The van der Waals surface area contributed by atoms with Crippen molar-refractivity contribution in [3.05, 3.63) is 36.2 Å². The SMILES string of the molecule is COC(=O)C1CCC(NC(C)c2nnnn2-c2ccccc2)CC1. The zero-order valence-corrected chi connectivity index (χ0v) is 14.1. The number of nitrogens with zero attached hydrogens (tertiary/aromatic N) is 4. The van der Waals surface area contributed by atoms with Gasteiger partial charge in [0.2, 0.25) is 0 Å². The minimum atomic E-state index is -0.0884. The minimum absolute atomic E-state index is 0.0277. The summed E-state index contributed by atoms with van der Waals surface area (Å²) in [4.78, 5) is 11.6. The van der Waals surface area contributed by atoms with E-state index in [0.29, 0.717) is 6.04 Å². The first-order valence-electron chi connectivity index (χ1n) is 8.36. The quantitative estimate of drug-likeness (QED) is 0.846. The van der Waals surface area contributed by atoms with Crippen molar-refractivity contribution in [1.29, 1.82) is 0 Å². The lowest BCUT2D eigenvalue weighted by atomic mass is 9.86. The number of rotatable bonds is 5. The second-order valence-corrected chi connectivity index (χ2v) is 6.24. The molecule has 0 saturated heterocycles. The highest BCUT2D eigenvalue weighted by atomic mass is 16.5. The molecule has 7 nitrogen and oxygen atoms in total. The van der Waals surface area contributed by atoms with E-state index in [-0.39, 0.29) is 17.9 Å². The Hall–Kier alpha value is -2.28. The molecule has 3 rings (SSSR count). The normalized spacial score (nSPS) is 22.1. The van der Waals surface area contributed by atoms with Gasteiger partial charge in [-0.25, -0.2) is 0 Å². The number of esters is 1. The number of ether oxygens (including phenoxy) is 1. The Kier molecular flexibility index (Phi) is 5.20. The average molecular weight is 329 g/mol. The van der Waals surface area contributed by atoms with Gasteiger partial charge in [-0.15, -0.1) is 5.10 Å². The average Bonchev–Trinajstić information content (AvgIpc) is 3.12. The number of methoxy groups -OCH3 is 1. The number of benzene rings is 1. The van der Waals surface area contributed by atoms with Crippen molar-refractivity contribution in [2.45, 2.75) is 44.7 Å². The second kappa shape index (κ2) is 7.53. The van der Waals surface area contributed by atoms with E-state index in [2.05, 4.69) is 27.8 Å². The fourth-order valence-electron chi connectivity index (χ4n) is 3.31. The highest BCUT2D eigenvalue weighted by Gasteiger charge is 2.28. The number of aromatic nitrogens is 4. The van der Waals surface area contributed by atoms with Crippen molar-refractivity contribution in [2.24, 2.45) is 5.92 Å². The zero-order valence-electron chi connectivity index (χ0n) is 14.1. The summed E-state index contributed by atoms with van der Waals surface area (Å²) in [5, 5.41) is 15.7. The minimum Gasteiger partial charge on any atom is -0.469 e. The number of para-hydroxylation sites is 1. The van der Waals surface area contributed by atoms with Crippen LogP contribution in [0.3, 0.4) is 0 Å². The molecule has 1 N–H and O–H groups in total. The summed E-state index contributed by atoms with van der Waals surface area (Å²) < 4.78 is 6.60. The number of carbonyl (C=O) groups excluding carboxylic acids is 1. The Morgan fingerprint density at radius 3 is 2.62 bits per heavy atom. The van der Waals surface area contributed by atoms with Crippen LogP contribution in [0.4, 0.5) is 0 Å². The highest BCUT2D eigenvalue weighted by molar-refractivity contribution is 5.72. The van der Waals surface area contributed by atoms with Crippen LogP contribution in [-0.4, -0.2) is 39.3 Å². The smallest absolute Gasteiger partial charge is 0.308 e. The molecule has 0 spiro atoms. The van der Waals surface area contributed by atoms with Crippen molar-refractivity contribution < 1.29 is 9.53 Å². The van der Waals surface area contributed by atoms with Crippen molar-refractivity contribution in [3.8, 4) is 5.69 Å². The van der Waals surface area contributed by atoms with E-state index in [1.807, 2.05) is 30.3 Å². The molecule has 1 atom stereocenters. The standard InChI is InChI=1S/C17H23N5O2/c1-12(18-14-10-8-13(9-11-14)17(23)24-2)16-19-20-21-22(16)15-6-4-3-5-7-15/h3-7,12-14,18H,8-11H2,1-2H3. The van der Waals surface area contributed by atoms with E-state index in [9.17, 15) is 4.79 Å². The first kappa shape index (κ1) is 16.6. The Labute approximate surface area is 141 Å². The van der Waals surface area contributed by atoms with Crippen molar-refractivity contribution in [3.63, 3.8) is 0 Å². The van der Waals surface area contributed by atoms with E-state index in [0.717, 1.165) is 37.2 Å². The van der Waals surface area contributed by atoms with Crippen LogP contribution < -0.4 is 5.32 Å². The maximum atomic E-state index is 11.6. The van der Waals surface area contributed by atoms with Crippen molar-refractivity contribution in [2.75, 3.05) is 7.11 Å². The predicted molar refractivity (Wildman–Crippen MR) is 88.5 cm³/mol. The summed E-state index contributed by atoms with van der Waals surface area (Å²) in [5.41, 5.74) is 0.945. The maximum Gasteiger partial charge on any atom is 0.308 e. The zero-order chi connectivity index (χ0) is 16.9. The number of nitrogens with one attached hydrogen (secondary N) is 1. The third-order valence-electron chi connectivity index (χ3n) is 4.63. The molecule has 1 heterocycles. The molecule has 1 fully saturated rings. The lowest BCUT2D eigenvalue weighted by Gasteiger charge is -2.29. The topological polar surface area (TPSA) is 81.9 Å². The maximum absolute atomic E-state index is 11.6. The Balaban J connectivity index is 1.62. The molecule has 1 aromatic carbocycles. The van der Waals surface area contributed by atoms with Gasteiger partial charge in [-0.1, -0.05) is 18.2 Å². The monoisotopic (exact) mass is 329 g/mol. The van der Waals surface area contributed by atoms with Crippen LogP contribution in [0.25, 0.3) is 5.69 Å². The first-order valence-corrected chi connectivity index (χ1v) is 8.36. The van der Waals surface area contributed by atoms with Crippen molar-refractivity contribution >= 4 is 5.97 Å². The molecule has 0 radical (unpaired) electrons. The predicted octanol–water partition coefficient (Wildman–Crippen LogP) is 2.04. The Bertz CT molecular complexity index is 665. The summed E-state index contributed by atoms with van der Waals surface area (Å²) in [7, 11) is 1.46. The Morgan fingerprint density at radius 2 is 1.96 bits per heavy atom. The number of carbonyl (C=O) groups is 1.